The molecule has 150 valence electrons. The van der Waals surface area contributed by atoms with Crippen LogP contribution in [0.2, 0.25) is 0 Å². The fourth-order valence-electron chi connectivity index (χ4n) is 2.61. The van der Waals surface area contributed by atoms with Gasteiger partial charge in [0.1, 0.15) is 6.04 Å². The first-order chi connectivity index (χ1) is 13.1. The van der Waals surface area contributed by atoms with Crippen LogP contribution in [0.4, 0.5) is 11.4 Å². The number of nitrogens with one attached hydrogen (secondary N) is 1. The molecule has 2 aromatic rings. The Morgan fingerprint density at radius 2 is 1.82 bits per heavy atom. The maximum Gasteiger partial charge on any atom is 0.263 e. The number of amides is 1. The lowest BCUT2D eigenvalue weighted by atomic mass is 10.2. The summed E-state index contributed by atoms with van der Waals surface area (Å²) in [5.74, 6) is -0.533. The number of benzene rings is 2. The van der Waals surface area contributed by atoms with Gasteiger partial charge in [0.05, 0.1) is 23.8 Å². The zero-order valence-electron chi connectivity index (χ0n) is 16.1. The smallest absolute Gasteiger partial charge is 0.263 e. The lowest BCUT2D eigenvalue weighted by molar-refractivity contribution is -0.121. The molecule has 0 bridgehead atoms. The number of hydrogen-bond donors (Lipinski definition) is 1. The van der Waals surface area contributed by atoms with Crippen LogP contribution in [0.1, 0.15) is 12.5 Å². The molecular weight excluding hydrogens is 444 g/mol. The number of rotatable bonds is 7. The van der Waals surface area contributed by atoms with E-state index >= 15 is 0 Å². The molecule has 2 aromatic carbocycles. The largest absolute Gasteiger partial charge is 0.377 e. The van der Waals surface area contributed by atoms with E-state index in [4.69, 9.17) is 0 Å². The summed E-state index contributed by atoms with van der Waals surface area (Å²) in [7, 11) is 0.232. The molecule has 0 aliphatic heterocycles. The molecule has 0 aliphatic rings. The molecule has 28 heavy (non-hydrogen) atoms. The van der Waals surface area contributed by atoms with Gasteiger partial charge in [-0.2, -0.15) is 5.10 Å². The Morgan fingerprint density at radius 1 is 1.18 bits per heavy atom. The zero-order valence-corrected chi connectivity index (χ0v) is 18.5. The van der Waals surface area contributed by atoms with Crippen molar-refractivity contribution in [2.75, 3.05) is 29.6 Å². The number of nitrogens with zero attached hydrogens (tertiary/aromatic N) is 3. The Kier molecular flexibility index (Phi) is 7.20. The number of hydrogen-bond acceptors (Lipinski definition) is 5. The van der Waals surface area contributed by atoms with Gasteiger partial charge in [0.2, 0.25) is 10.0 Å². The maximum atomic E-state index is 12.5. The predicted octanol–water partition coefficient (Wildman–Crippen LogP) is 2.82. The molecule has 1 amide bonds. The van der Waals surface area contributed by atoms with Crippen molar-refractivity contribution in [1.29, 1.82) is 0 Å². The molecule has 2 rings (SSSR count). The number of hydrazone groups is 1. The van der Waals surface area contributed by atoms with Crippen molar-refractivity contribution in [1.82, 2.24) is 5.43 Å². The molecule has 0 unspecified atom stereocenters. The van der Waals surface area contributed by atoms with Crippen molar-refractivity contribution >= 4 is 49.4 Å². The Bertz CT molecular complexity index is 962. The standard InChI is InChI=1S/C19H23BrN4O3S/c1-14(24(28(4,26)27)16-8-6-5-7-9-16)19(25)22-21-13-15-10-11-18(23(2)3)17(20)12-15/h5-14H,1-4H3,(H,22,25)/b21-13-/t14-/m1/s1. The highest BCUT2D eigenvalue weighted by atomic mass is 79.9. The van der Waals surface area contributed by atoms with E-state index in [0.717, 1.165) is 26.3 Å². The molecule has 0 saturated carbocycles. The number of para-hydroxylation sites is 1. The SMILES string of the molecule is C[C@H](C(=O)N/N=C\c1ccc(N(C)C)c(Br)c1)N(c1ccccc1)S(C)(=O)=O. The second-order valence-electron chi connectivity index (χ2n) is 6.41. The van der Waals surface area contributed by atoms with Crippen LogP contribution >= 0.6 is 15.9 Å². The van der Waals surface area contributed by atoms with E-state index in [9.17, 15) is 13.2 Å². The predicted molar refractivity (Wildman–Crippen MR) is 117 cm³/mol. The number of anilines is 2. The number of carbonyl (C=O) groups is 1. The third kappa shape index (κ3) is 5.56. The normalized spacial score (nSPS) is 12.6. The van der Waals surface area contributed by atoms with Crippen LogP contribution in [0.25, 0.3) is 0 Å². The summed E-state index contributed by atoms with van der Waals surface area (Å²) in [6, 6.07) is 13.2. The molecule has 0 fully saturated rings. The average molecular weight is 467 g/mol. The molecule has 9 heteroatoms. The van der Waals surface area contributed by atoms with E-state index in [1.807, 2.05) is 37.2 Å². The van der Waals surface area contributed by atoms with Gasteiger partial charge in [-0.1, -0.05) is 24.3 Å². The summed E-state index contributed by atoms with van der Waals surface area (Å²) in [5, 5.41) is 3.96. The molecule has 7 nitrogen and oxygen atoms in total. The minimum absolute atomic E-state index is 0.417. The first-order valence-corrected chi connectivity index (χ1v) is 11.1. The van der Waals surface area contributed by atoms with E-state index in [0.29, 0.717) is 5.69 Å². The third-order valence-electron chi connectivity index (χ3n) is 3.94. The third-order valence-corrected chi connectivity index (χ3v) is 5.82. The van der Waals surface area contributed by atoms with E-state index in [-0.39, 0.29) is 0 Å². The molecule has 0 aromatic heterocycles. The highest BCUT2D eigenvalue weighted by Crippen LogP contribution is 2.25. The summed E-state index contributed by atoms with van der Waals surface area (Å²) >= 11 is 3.49. The van der Waals surface area contributed by atoms with E-state index < -0.39 is 22.0 Å². The van der Waals surface area contributed by atoms with Gasteiger partial charge in [-0.15, -0.1) is 0 Å². The first-order valence-electron chi connectivity index (χ1n) is 8.45. The van der Waals surface area contributed by atoms with Crippen molar-refractivity contribution in [2.24, 2.45) is 5.10 Å². The van der Waals surface area contributed by atoms with Crippen LogP contribution in [0.15, 0.2) is 58.1 Å². The minimum Gasteiger partial charge on any atom is -0.377 e. The number of halogens is 1. The molecular formula is C19H23BrN4O3S. The summed E-state index contributed by atoms with van der Waals surface area (Å²) < 4.78 is 26.4. The second kappa shape index (κ2) is 9.20. The van der Waals surface area contributed by atoms with Crippen LogP contribution in [-0.2, 0) is 14.8 Å². The highest BCUT2D eigenvalue weighted by Gasteiger charge is 2.28. The fourth-order valence-corrected chi connectivity index (χ4v) is 4.54. The van der Waals surface area contributed by atoms with Crippen LogP contribution in [-0.4, -0.2) is 46.9 Å². The molecule has 0 radical (unpaired) electrons. The van der Waals surface area contributed by atoms with Gasteiger partial charge in [0.25, 0.3) is 5.91 Å². The van der Waals surface area contributed by atoms with Crippen molar-refractivity contribution < 1.29 is 13.2 Å². The Morgan fingerprint density at radius 3 is 2.36 bits per heavy atom. The van der Waals surface area contributed by atoms with Gasteiger partial charge < -0.3 is 4.90 Å². The Labute approximate surface area is 174 Å². The fraction of sp³-hybridized carbons (Fsp3) is 0.263. The summed E-state index contributed by atoms with van der Waals surface area (Å²) in [5.41, 5.74) is 4.63. The van der Waals surface area contributed by atoms with Crippen molar-refractivity contribution in [3.8, 4) is 0 Å². The highest BCUT2D eigenvalue weighted by molar-refractivity contribution is 9.10. The topological polar surface area (TPSA) is 82.1 Å². The van der Waals surface area contributed by atoms with Gasteiger partial charge in [0.15, 0.2) is 0 Å². The summed E-state index contributed by atoms with van der Waals surface area (Å²) in [6.07, 6.45) is 2.57. The lowest BCUT2D eigenvalue weighted by Gasteiger charge is -2.27. The average Bonchev–Trinajstić information content (AvgIpc) is 2.61. The second-order valence-corrected chi connectivity index (χ2v) is 9.12. The van der Waals surface area contributed by atoms with Gasteiger partial charge in [-0.3, -0.25) is 9.10 Å². The van der Waals surface area contributed by atoms with Gasteiger partial charge >= 0.3 is 0 Å². The maximum absolute atomic E-state index is 12.5. The van der Waals surface area contributed by atoms with E-state index in [1.165, 1.54) is 13.1 Å². The van der Waals surface area contributed by atoms with Crippen molar-refractivity contribution in [2.45, 2.75) is 13.0 Å². The lowest BCUT2D eigenvalue weighted by Crippen LogP contribution is -2.46. The van der Waals surface area contributed by atoms with E-state index in [2.05, 4.69) is 26.5 Å². The Hall–Kier alpha value is -2.39. The number of sulfonamides is 1. The number of carbonyl (C=O) groups excluding carboxylic acids is 1. The summed E-state index contributed by atoms with van der Waals surface area (Å²) in [4.78, 5) is 14.4. The van der Waals surface area contributed by atoms with Crippen LogP contribution < -0.4 is 14.6 Å². The minimum atomic E-state index is -3.65. The molecule has 0 aliphatic carbocycles. The monoisotopic (exact) mass is 466 g/mol. The van der Waals surface area contributed by atoms with Crippen molar-refractivity contribution in [3.05, 3.63) is 58.6 Å². The zero-order chi connectivity index (χ0) is 20.9. The van der Waals surface area contributed by atoms with Crippen molar-refractivity contribution in [3.63, 3.8) is 0 Å². The first kappa shape index (κ1) is 21.9. The van der Waals surface area contributed by atoms with Gasteiger partial charge in [-0.25, -0.2) is 13.8 Å². The van der Waals surface area contributed by atoms with Gasteiger partial charge in [0, 0.05) is 18.6 Å². The summed E-state index contributed by atoms with van der Waals surface area (Å²) in [6.45, 7) is 1.52. The molecule has 0 saturated heterocycles. The van der Waals surface area contributed by atoms with Crippen LogP contribution in [0, 0.1) is 0 Å². The molecule has 1 N–H and O–H groups in total. The van der Waals surface area contributed by atoms with Crippen LogP contribution in [0.5, 0.6) is 0 Å². The molecule has 1 atom stereocenters. The van der Waals surface area contributed by atoms with Crippen LogP contribution in [0.3, 0.4) is 0 Å². The quantitative estimate of drug-likeness (QED) is 0.502. The van der Waals surface area contributed by atoms with E-state index in [1.54, 1.807) is 30.3 Å². The molecule has 0 heterocycles. The van der Waals surface area contributed by atoms with Gasteiger partial charge in [-0.05, 0) is 52.7 Å². The Balaban J connectivity index is 2.13. The molecule has 0 spiro atoms.